The summed E-state index contributed by atoms with van der Waals surface area (Å²) < 4.78 is 5.45. The van der Waals surface area contributed by atoms with Crippen molar-refractivity contribution in [2.45, 2.75) is 31.7 Å². The molecule has 1 aliphatic heterocycles. The lowest BCUT2D eigenvalue weighted by Crippen LogP contribution is -2.55. The zero-order valence-electron chi connectivity index (χ0n) is 14.8. The summed E-state index contributed by atoms with van der Waals surface area (Å²) in [6, 6.07) is 5.83. The topological polar surface area (TPSA) is 53.6 Å². The number of carbonyl (C=O) groups excluding carboxylic acids is 1. The van der Waals surface area contributed by atoms with E-state index < -0.39 is 0 Å². The molecule has 1 fully saturated rings. The quantitative estimate of drug-likeness (QED) is 0.791. The molecule has 0 aliphatic carbocycles. The summed E-state index contributed by atoms with van der Waals surface area (Å²) in [4.78, 5) is 14.3. The second-order valence-electron chi connectivity index (χ2n) is 6.65. The van der Waals surface area contributed by atoms with E-state index in [1.54, 1.807) is 0 Å². The van der Waals surface area contributed by atoms with Gasteiger partial charge in [-0.25, -0.2) is 0 Å². The number of hydrogen-bond acceptors (Lipinski definition) is 4. The van der Waals surface area contributed by atoms with Gasteiger partial charge in [-0.3, -0.25) is 4.79 Å². The van der Waals surface area contributed by atoms with Crippen LogP contribution < -0.4 is 10.6 Å². The first-order chi connectivity index (χ1) is 11.4. The van der Waals surface area contributed by atoms with Crippen LogP contribution in [0, 0.1) is 6.92 Å². The number of halogens is 1. The van der Waals surface area contributed by atoms with E-state index in [0.717, 1.165) is 42.3 Å². The van der Waals surface area contributed by atoms with Crippen LogP contribution in [0.25, 0.3) is 0 Å². The molecule has 1 saturated heterocycles. The van der Waals surface area contributed by atoms with Gasteiger partial charge in [0.15, 0.2) is 0 Å². The Morgan fingerprint density at radius 3 is 2.67 bits per heavy atom. The number of likely N-dealkylation sites (N-methyl/N-ethyl adjacent to an activating group) is 1. The molecule has 6 heteroatoms. The molecular formula is C18H28ClN3O2. The summed E-state index contributed by atoms with van der Waals surface area (Å²) in [5.41, 5.74) is 1.99. The average Bonchev–Trinajstić information content (AvgIpc) is 2.57. The Morgan fingerprint density at radius 1 is 1.33 bits per heavy atom. The second kappa shape index (κ2) is 8.70. The van der Waals surface area contributed by atoms with Crippen LogP contribution in [-0.2, 0) is 9.53 Å². The molecule has 1 aliphatic rings. The van der Waals surface area contributed by atoms with Gasteiger partial charge in [-0.05, 0) is 51.6 Å². The molecule has 1 amide bonds. The average molecular weight is 354 g/mol. The largest absolute Gasteiger partial charge is 0.384 e. The van der Waals surface area contributed by atoms with Gasteiger partial charge in [-0.1, -0.05) is 17.7 Å². The van der Waals surface area contributed by atoms with Crippen molar-refractivity contribution < 1.29 is 9.53 Å². The van der Waals surface area contributed by atoms with Crippen molar-refractivity contribution >= 4 is 23.2 Å². The number of ether oxygens (including phenoxy) is 1. The summed E-state index contributed by atoms with van der Waals surface area (Å²) in [6.45, 7) is 4.73. The molecule has 1 aromatic carbocycles. The van der Waals surface area contributed by atoms with Crippen LogP contribution in [0.15, 0.2) is 18.2 Å². The number of benzene rings is 1. The number of anilines is 1. The number of aryl methyl sites for hydroxylation is 1. The van der Waals surface area contributed by atoms with E-state index in [1.807, 2.05) is 25.1 Å². The van der Waals surface area contributed by atoms with Gasteiger partial charge < -0.3 is 20.3 Å². The minimum atomic E-state index is 0.00577. The number of nitrogens with one attached hydrogen (secondary N) is 2. The molecule has 2 N–H and O–H groups in total. The Morgan fingerprint density at radius 2 is 2.04 bits per heavy atom. The van der Waals surface area contributed by atoms with Crippen LogP contribution in [0.4, 0.5) is 5.69 Å². The summed E-state index contributed by atoms with van der Waals surface area (Å²) >= 11 is 6.10. The van der Waals surface area contributed by atoms with Crippen molar-refractivity contribution in [1.82, 2.24) is 10.2 Å². The zero-order chi connectivity index (χ0) is 17.6. The maximum Gasteiger partial charge on any atom is 0.221 e. The van der Waals surface area contributed by atoms with Crippen LogP contribution in [0.3, 0.4) is 0 Å². The highest BCUT2D eigenvalue weighted by Crippen LogP contribution is 2.25. The highest BCUT2D eigenvalue weighted by Gasteiger charge is 2.34. The van der Waals surface area contributed by atoms with Gasteiger partial charge in [0.2, 0.25) is 5.91 Å². The monoisotopic (exact) mass is 353 g/mol. The summed E-state index contributed by atoms with van der Waals surface area (Å²) in [5, 5.41) is 7.05. The third-order valence-corrected chi connectivity index (χ3v) is 5.25. The molecule has 134 valence electrons. The van der Waals surface area contributed by atoms with E-state index in [0.29, 0.717) is 19.5 Å². The van der Waals surface area contributed by atoms with E-state index >= 15 is 0 Å². The molecule has 0 aromatic heterocycles. The van der Waals surface area contributed by atoms with Gasteiger partial charge in [-0.2, -0.15) is 0 Å². The third-order valence-electron chi connectivity index (χ3n) is 4.84. The Balaban J connectivity index is 1.75. The third kappa shape index (κ3) is 5.10. The minimum Gasteiger partial charge on any atom is -0.384 e. The molecule has 0 unspecified atom stereocenters. The second-order valence-corrected chi connectivity index (χ2v) is 7.06. The fourth-order valence-electron chi connectivity index (χ4n) is 2.91. The first-order valence-electron chi connectivity index (χ1n) is 8.45. The predicted octanol–water partition coefficient (Wildman–Crippen LogP) is 2.68. The molecule has 0 radical (unpaired) electrons. The maximum absolute atomic E-state index is 12.1. The SMILES string of the molecule is Cc1ccc(NCCC(=O)NCC2(N(C)C)CCOCC2)cc1Cl. The zero-order valence-corrected chi connectivity index (χ0v) is 15.6. The lowest BCUT2D eigenvalue weighted by molar-refractivity contribution is -0.122. The van der Waals surface area contributed by atoms with Gasteiger partial charge >= 0.3 is 0 Å². The number of rotatable bonds is 7. The van der Waals surface area contributed by atoms with Crippen molar-refractivity contribution in [3.05, 3.63) is 28.8 Å². The standard InChI is InChI=1S/C18H28ClN3O2/c1-14-4-5-15(12-16(14)19)20-9-6-17(23)21-13-18(22(2)3)7-10-24-11-8-18/h4-5,12,20H,6-11,13H2,1-3H3,(H,21,23). The summed E-state index contributed by atoms with van der Waals surface area (Å²) in [7, 11) is 4.14. The van der Waals surface area contributed by atoms with Crippen LogP contribution in [0.5, 0.6) is 0 Å². The van der Waals surface area contributed by atoms with Crippen LogP contribution in [0.1, 0.15) is 24.8 Å². The maximum atomic E-state index is 12.1. The summed E-state index contributed by atoms with van der Waals surface area (Å²) in [5.74, 6) is 0.0634. The molecule has 1 heterocycles. The van der Waals surface area contributed by atoms with Crippen LogP contribution in [0.2, 0.25) is 5.02 Å². The van der Waals surface area contributed by atoms with Crippen LogP contribution in [-0.4, -0.2) is 56.7 Å². The number of carbonyl (C=O) groups is 1. The number of hydrogen-bond donors (Lipinski definition) is 2. The van der Waals surface area contributed by atoms with Gasteiger partial charge in [0.25, 0.3) is 0 Å². The Kier molecular flexibility index (Phi) is 6.90. The minimum absolute atomic E-state index is 0.00577. The highest BCUT2D eigenvalue weighted by atomic mass is 35.5. The molecular weight excluding hydrogens is 326 g/mol. The van der Waals surface area contributed by atoms with E-state index in [2.05, 4.69) is 29.6 Å². The van der Waals surface area contributed by atoms with Gasteiger partial charge in [0, 0.05) is 49.0 Å². The Hall–Kier alpha value is -1.30. The Labute approximate surface area is 149 Å². The lowest BCUT2D eigenvalue weighted by atomic mass is 9.88. The van der Waals surface area contributed by atoms with E-state index in [9.17, 15) is 4.79 Å². The smallest absolute Gasteiger partial charge is 0.221 e. The molecule has 5 nitrogen and oxygen atoms in total. The molecule has 0 bridgehead atoms. The number of amides is 1. The molecule has 24 heavy (non-hydrogen) atoms. The number of nitrogens with zero attached hydrogens (tertiary/aromatic N) is 1. The van der Waals surface area contributed by atoms with Crippen LogP contribution >= 0.6 is 11.6 Å². The molecule has 0 saturated carbocycles. The van der Waals surface area contributed by atoms with Gasteiger partial charge in [-0.15, -0.1) is 0 Å². The molecule has 0 spiro atoms. The normalized spacial score (nSPS) is 16.9. The molecule has 1 aromatic rings. The van der Waals surface area contributed by atoms with E-state index in [1.165, 1.54) is 0 Å². The fraction of sp³-hybridized carbons (Fsp3) is 0.611. The van der Waals surface area contributed by atoms with Crippen molar-refractivity contribution in [2.75, 3.05) is 45.7 Å². The summed E-state index contributed by atoms with van der Waals surface area (Å²) in [6.07, 6.45) is 2.33. The van der Waals surface area contributed by atoms with Crippen molar-refractivity contribution in [3.63, 3.8) is 0 Å². The van der Waals surface area contributed by atoms with Gasteiger partial charge in [0.1, 0.15) is 0 Å². The highest BCUT2D eigenvalue weighted by molar-refractivity contribution is 6.31. The molecule has 0 atom stereocenters. The predicted molar refractivity (Wildman–Crippen MR) is 98.8 cm³/mol. The first kappa shape index (κ1) is 19.0. The van der Waals surface area contributed by atoms with E-state index in [-0.39, 0.29) is 11.4 Å². The Bertz CT molecular complexity index is 557. The van der Waals surface area contributed by atoms with Crippen molar-refractivity contribution in [2.24, 2.45) is 0 Å². The molecule has 2 rings (SSSR count). The van der Waals surface area contributed by atoms with Crippen molar-refractivity contribution in [1.29, 1.82) is 0 Å². The first-order valence-corrected chi connectivity index (χ1v) is 8.83. The van der Waals surface area contributed by atoms with Crippen molar-refractivity contribution in [3.8, 4) is 0 Å². The fourth-order valence-corrected chi connectivity index (χ4v) is 3.09. The van der Waals surface area contributed by atoms with E-state index in [4.69, 9.17) is 16.3 Å². The lowest BCUT2D eigenvalue weighted by Gasteiger charge is -2.42. The van der Waals surface area contributed by atoms with Gasteiger partial charge in [0.05, 0.1) is 0 Å².